The molecule has 1 amide bonds. The molecule has 0 unspecified atom stereocenters. The maximum absolute atomic E-state index is 13.3. The van der Waals surface area contributed by atoms with Gasteiger partial charge in [-0.25, -0.2) is 4.79 Å². The van der Waals surface area contributed by atoms with E-state index in [9.17, 15) is 28.0 Å². The second-order valence-corrected chi connectivity index (χ2v) is 9.84. The van der Waals surface area contributed by atoms with E-state index in [2.05, 4.69) is 16.5 Å². The minimum Gasteiger partial charge on any atom is -0.446 e. The van der Waals surface area contributed by atoms with Gasteiger partial charge in [-0.1, -0.05) is 35.9 Å². The van der Waals surface area contributed by atoms with E-state index in [4.69, 9.17) is 16.3 Å². The van der Waals surface area contributed by atoms with Crippen molar-refractivity contribution in [3.63, 3.8) is 0 Å². The van der Waals surface area contributed by atoms with Crippen LogP contribution in [0.3, 0.4) is 0 Å². The van der Waals surface area contributed by atoms with E-state index in [1.165, 1.54) is 20.9 Å². The van der Waals surface area contributed by atoms with E-state index in [0.717, 1.165) is 22.0 Å². The average molecular weight is 547 g/mol. The summed E-state index contributed by atoms with van der Waals surface area (Å²) in [6, 6.07) is 15.8. The number of ether oxygens (including phenoxy) is 1. The lowest BCUT2D eigenvalue weighted by Crippen LogP contribution is -2.50. The molecule has 1 N–H and O–H groups in total. The monoisotopic (exact) mass is 546 g/mol. The van der Waals surface area contributed by atoms with Crippen LogP contribution in [0.25, 0.3) is 0 Å². The van der Waals surface area contributed by atoms with Crippen molar-refractivity contribution in [3.05, 3.63) is 87.7 Å². The van der Waals surface area contributed by atoms with Gasteiger partial charge in [-0.3, -0.25) is 9.48 Å². The third kappa shape index (κ3) is 6.92. The number of carbonyl (C=O) groups excluding carboxylic acids is 2. The maximum atomic E-state index is 13.3. The normalized spacial score (nSPS) is 13.3. The molecule has 11 heteroatoms. The highest BCUT2D eigenvalue weighted by molar-refractivity contribution is 6.30. The first kappa shape index (κ1) is 28.7. The number of aromatic nitrogens is 2. The Morgan fingerprint density at radius 3 is 2.45 bits per heavy atom. The zero-order chi connectivity index (χ0) is 28.3. The van der Waals surface area contributed by atoms with Crippen LogP contribution in [-0.4, -0.2) is 33.3 Å². The fourth-order valence-corrected chi connectivity index (χ4v) is 4.08. The molecule has 38 heavy (non-hydrogen) atoms. The van der Waals surface area contributed by atoms with Crippen molar-refractivity contribution in [1.82, 2.24) is 15.1 Å². The van der Waals surface area contributed by atoms with Gasteiger partial charge < -0.3 is 10.1 Å². The Morgan fingerprint density at radius 1 is 1.18 bits per heavy atom. The lowest BCUT2D eigenvalue weighted by molar-refractivity contribution is -0.142. The van der Waals surface area contributed by atoms with Gasteiger partial charge in [0.1, 0.15) is 5.56 Å². The van der Waals surface area contributed by atoms with Crippen LogP contribution in [0.5, 0.6) is 0 Å². The fraction of sp³-hybridized carbons (Fsp3) is 0.333. The quantitative estimate of drug-likeness (QED) is 0.380. The van der Waals surface area contributed by atoms with E-state index in [-0.39, 0.29) is 5.92 Å². The molecule has 0 spiro atoms. The molecule has 1 aromatic heterocycles. The molecule has 0 aliphatic carbocycles. The zero-order valence-electron chi connectivity index (χ0n) is 21.1. The number of carbonyl (C=O) groups is 2. The van der Waals surface area contributed by atoms with Crippen LogP contribution < -0.4 is 5.32 Å². The fourth-order valence-electron chi connectivity index (χ4n) is 3.96. The molecule has 7 nitrogen and oxygen atoms in total. The van der Waals surface area contributed by atoms with E-state index in [1.807, 2.05) is 18.2 Å². The number of hydrogen-bond donors (Lipinski definition) is 1. The van der Waals surface area contributed by atoms with Gasteiger partial charge in [0.2, 0.25) is 0 Å². The number of nitrogens with zero attached hydrogens (tertiary/aromatic N) is 3. The number of benzene rings is 2. The van der Waals surface area contributed by atoms with Crippen molar-refractivity contribution < 1.29 is 27.5 Å². The van der Waals surface area contributed by atoms with E-state index in [0.29, 0.717) is 17.0 Å². The van der Waals surface area contributed by atoms with Crippen LogP contribution in [-0.2, 0) is 29.2 Å². The van der Waals surface area contributed by atoms with Gasteiger partial charge in [0, 0.05) is 30.2 Å². The number of nitrogens with one attached hydrogen (secondary N) is 1. The number of alkyl halides is 3. The molecule has 0 radical (unpaired) electrons. The third-order valence-electron chi connectivity index (χ3n) is 5.99. The summed E-state index contributed by atoms with van der Waals surface area (Å²) in [5.41, 5.74) is -1.80. The molecule has 3 rings (SSSR count). The highest BCUT2D eigenvalue weighted by atomic mass is 35.5. The predicted molar refractivity (Wildman–Crippen MR) is 134 cm³/mol. The summed E-state index contributed by atoms with van der Waals surface area (Å²) in [6.07, 6.45) is -3.49. The number of nitriles is 1. The average Bonchev–Trinajstić information content (AvgIpc) is 3.26. The first-order valence-electron chi connectivity index (χ1n) is 11.6. The van der Waals surface area contributed by atoms with Crippen molar-refractivity contribution in [2.45, 2.75) is 50.9 Å². The Kier molecular flexibility index (Phi) is 8.52. The van der Waals surface area contributed by atoms with Crippen LogP contribution >= 0.6 is 11.6 Å². The van der Waals surface area contributed by atoms with Crippen LogP contribution in [0.15, 0.2) is 54.7 Å². The predicted octanol–water partition coefficient (Wildman–Crippen LogP) is 5.43. The number of hydrogen-bond acceptors (Lipinski definition) is 5. The number of rotatable bonds is 8. The number of aryl methyl sites for hydroxylation is 1. The molecule has 2 atom stereocenters. The molecular weight excluding hydrogens is 521 g/mol. The van der Waals surface area contributed by atoms with Crippen molar-refractivity contribution in [2.24, 2.45) is 7.05 Å². The topological polar surface area (TPSA) is 97.0 Å². The van der Waals surface area contributed by atoms with Gasteiger partial charge in [0.25, 0.3) is 5.91 Å². The molecule has 0 saturated heterocycles. The third-order valence-corrected chi connectivity index (χ3v) is 6.24. The lowest BCUT2D eigenvalue weighted by Gasteiger charge is -2.30. The van der Waals surface area contributed by atoms with Gasteiger partial charge in [-0.15, -0.1) is 0 Å². The minimum atomic E-state index is -4.87. The van der Waals surface area contributed by atoms with Gasteiger partial charge in [-0.05, 0) is 62.6 Å². The summed E-state index contributed by atoms with van der Waals surface area (Å²) in [4.78, 5) is 25.8. The smallest absolute Gasteiger partial charge is 0.436 e. The van der Waals surface area contributed by atoms with Gasteiger partial charge >= 0.3 is 12.1 Å². The summed E-state index contributed by atoms with van der Waals surface area (Å²) in [5.74, 6) is -2.32. The van der Waals surface area contributed by atoms with E-state index < -0.39 is 41.0 Å². The Labute approximate surface area is 223 Å². The minimum absolute atomic E-state index is 0.296. The molecule has 3 aromatic rings. The summed E-state index contributed by atoms with van der Waals surface area (Å²) < 4.78 is 46.0. The summed E-state index contributed by atoms with van der Waals surface area (Å²) >= 11 is 6.01. The van der Waals surface area contributed by atoms with E-state index >= 15 is 0 Å². The molecule has 0 aliphatic heterocycles. The Balaban J connectivity index is 1.82. The second kappa shape index (κ2) is 11.3. The Hall–Kier alpha value is -3.84. The van der Waals surface area contributed by atoms with Gasteiger partial charge in [-0.2, -0.15) is 23.5 Å². The van der Waals surface area contributed by atoms with Crippen molar-refractivity contribution >= 4 is 23.5 Å². The highest BCUT2D eigenvalue weighted by Crippen LogP contribution is 2.32. The van der Waals surface area contributed by atoms with Gasteiger partial charge in [0.05, 0.1) is 11.6 Å². The largest absolute Gasteiger partial charge is 0.446 e. The Morgan fingerprint density at radius 2 is 1.84 bits per heavy atom. The first-order chi connectivity index (χ1) is 17.7. The Bertz CT molecular complexity index is 1360. The summed E-state index contributed by atoms with van der Waals surface area (Å²) in [7, 11) is 1.24. The van der Waals surface area contributed by atoms with Gasteiger partial charge in [0.15, 0.2) is 11.3 Å². The van der Waals surface area contributed by atoms with Crippen molar-refractivity contribution in [2.75, 3.05) is 0 Å². The number of esters is 1. The van der Waals surface area contributed by atoms with Crippen LogP contribution in [0.4, 0.5) is 13.2 Å². The molecule has 200 valence electrons. The molecule has 0 aliphatic rings. The van der Waals surface area contributed by atoms with Crippen LogP contribution in [0.2, 0.25) is 5.02 Å². The first-order valence-corrected chi connectivity index (χ1v) is 12.0. The number of amides is 1. The van der Waals surface area contributed by atoms with E-state index in [1.54, 1.807) is 37.3 Å². The van der Waals surface area contributed by atoms with Crippen LogP contribution in [0, 0.1) is 11.3 Å². The maximum Gasteiger partial charge on any atom is 0.436 e. The summed E-state index contributed by atoms with van der Waals surface area (Å²) in [6.45, 7) is 4.35. The molecule has 0 bridgehead atoms. The van der Waals surface area contributed by atoms with Crippen LogP contribution in [0.1, 0.15) is 59.4 Å². The number of halogens is 4. The zero-order valence-corrected chi connectivity index (χ0v) is 21.9. The molecule has 0 saturated carbocycles. The highest BCUT2D eigenvalue weighted by Gasteiger charge is 2.42. The summed E-state index contributed by atoms with van der Waals surface area (Å²) in [5, 5.41) is 16.0. The lowest BCUT2D eigenvalue weighted by atomic mass is 9.85. The molecule has 0 fully saturated rings. The standard InChI is InChI=1S/C27H26ClF3N4O3/c1-16(21(13-17-8-10-20(28)11-9-17)19-7-5-6-18(12-19)14-32)33-25(37)26(2,3)38-24(36)22-15-35(4)34-23(22)27(29,30)31/h5-12,15-16,21H,13H2,1-4H3,(H,33,37)/t16-,21+/m0/s1. The van der Waals surface area contributed by atoms with Crippen molar-refractivity contribution in [3.8, 4) is 6.07 Å². The SMILES string of the molecule is C[C@H](NC(=O)C(C)(C)OC(=O)c1cn(C)nc1C(F)(F)F)[C@@H](Cc1ccc(Cl)cc1)c1cccc(C#N)c1. The van der Waals surface area contributed by atoms with Crippen molar-refractivity contribution in [1.29, 1.82) is 5.26 Å². The second-order valence-electron chi connectivity index (χ2n) is 9.40. The molecule has 2 aromatic carbocycles. The molecular formula is C27H26ClF3N4O3. The molecule has 1 heterocycles.